The van der Waals surface area contributed by atoms with Crippen LogP contribution in [-0.4, -0.2) is 13.5 Å². The van der Waals surface area contributed by atoms with Crippen molar-refractivity contribution in [1.29, 1.82) is 0 Å². The SMILES string of the molecule is NS(=O)(=O)c1ccc2c(N=Nc3ccc(N=Nc4ccccc4)cc3)c(O)ccc2c1. The molecule has 0 aliphatic heterocycles. The molecule has 8 nitrogen and oxygen atoms in total. The maximum Gasteiger partial charge on any atom is 0.238 e. The minimum Gasteiger partial charge on any atom is -0.506 e. The number of nitrogens with two attached hydrogens (primary N) is 1. The van der Waals surface area contributed by atoms with Gasteiger partial charge in [0.1, 0.15) is 11.4 Å². The first-order valence-electron chi connectivity index (χ1n) is 9.17. The highest BCUT2D eigenvalue weighted by molar-refractivity contribution is 7.89. The van der Waals surface area contributed by atoms with Crippen molar-refractivity contribution in [3.05, 3.63) is 84.9 Å². The Bertz CT molecular complexity index is 1400. The zero-order chi connectivity index (χ0) is 21.8. The van der Waals surface area contributed by atoms with Crippen LogP contribution in [0.15, 0.2) is 110 Å². The second kappa shape index (κ2) is 8.42. The lowest BCUT2D eigenvalue weighted by Gasteiger charge is -2.06. The fourth-order valence-electron chi connectivity index (χ4n) is 2.87. The zero-order valence-corrected chi connectivity index (χ0v) is 16.9. The molecular formula is C22H17N5O3S. The molecule has 0 amide bonds. The van der Waals surface area contributed by atoms with Crippen LogP contribution in [0.4, 0.5) is 22.7 Å². The van der Waals surface area contributed by atoms with E-state index in [2.05, 4.69) is 20.5 Å². The number of phenolic OH excluding ortho intramolecular Hbond substituents is 1. The first kappa shape index (κ1) is 20.3. The monoisotopic (exact) mass is 431 g/mol. The summed E-state index contributed by atoms with van der Waals surface area (Å²) in [5, 5.41) is 33.2. The van der Waals surface area contributed by atoms with E-state index in [4.69, 9.17) is 5.14 Å². The van der Waals surface area contributed by atoms with Gasteiger partial charge < -0.3 is 5.11 Å². The predicted octanol–water partition coefficient (Wildman–Crippen LogP) is 6.02. The standard InChI is InChI=1S/C22H17N5O3S/c23-31(29,30)19-11-12-20-15(14-19)6-13-21(28)22(20)27-26-18-9-7-17(8-10-18)25-24-16-4-2-1-3-5-16/h1-14,28H,(H2,23,29,30). The second-order valence-corrected chi connectivity index (χ2v) is 8.17. The van der Waals surface area contributed by atoms with Gasteiger partial charge in [-0.05, 0) is 60.0 Å². The first-order chi connectivity index (χ1) is 14.9. The third kappa shape index (κ3) is 4.80. The normalized spacial score (nSPS) is 12.2. The smallest absolute Gasteiger partial charge is 0.238 e. The highest BCUT2D eigenvalue weighted by Gasteiger charge is 2.12. The van der Waals surface area contributed by atoms with E-state index < -0.39 is 10.0 Å². The average molecular weight is 431 g/mol. The molecule has 0 radical (unpaired) electrons. The molecule has 0 saturated heterocycles. The highest BCUT2D eigenvalue weighted by atomic mass is 32.2. The predicted molar refractivity (Wildman–Crippen MR) is 118 cm³/mol. The Labute approximate surface area is 178 Å². The number of aromatic hydroxyl groups is 1. The van der Waals surface area contributed by atoms with Crippen molar-refractivity contribution in [2.24, 2.45) is 25.6 Å². The van der Waals surface area contributed by atoms with Gasteiger partial charge in [0, 0.05) is 5.39 Å². The third-order valence-electron chi connectivity index (χ3n) is 4.42. The maximum absolute atomic E-state index is 11.6. The summed E-state index contributed by atoms with van der Waals surface area (Å²) in [7, 11) is -3.83. The molecule has 0 unspecified atom stereocenters. The Balaban J connectivity index is 1.59. The number of rotatable bonds is 5. The van der Waals surface area contributed by atoms with Gasteiger partial charge in [0.2, 0.25) is 10.0 Å². The number of primary sulfonamides is 1. The van der Waals surface area contributed by atoms with Gasteiger partial charge in [-0.1, -0.05) is 30.3 Å². The number of hydrogen-bond donors (Lipinski definition) is 2. The van der Waals surface area contributed by atoms with Crippen LogP contribution in [0, 0.1) is 0 Å². The molecule has 4 rings (SSSR count). The van der Waals surface area contributed by atoms with Crippen molar-refractivity contribution in [1.82, 2.24) is 0 Å². The number of sulfonamides is 1. The number of benzene rings is 4. The fraction of sp³-hybridized carbons (Fsp3) is 0. The summed E-state index contributed by atoms with van der Waals surface area (Å²) in [6.07, 6.45) is 0. The second-order valence-electron chi connectivity index (χ2n) is 6.61. The molecule has 0 heterocycles. The van der Waals surface area contributed by atoms with Crippen molar-refractivity contribution < 1.29 is 13.5 Å². The van der Waals surface area contributed by atoms with Gasteiger partial charge in [0.15, 0.2) is 0 Å². The van der Waals surface area contributed by atoms with E-state index in [1.54, 1.807) is 30.3 Å². The Morgan fingerprint density at radius 2 is 1.26 bits per heavy atom. The molecule has 31 heavy (non-hydrogen) atoms. The lowest BCUT2D eigenvalue weighted by molar-refractivity contribution is 0.477. The minimum absolute atomic E-state index is 0.0196. The largest absolute Gasteiger partial charge is 0.506 e. The van der Waals surface area contributed by atoms with Crippen LogP contribution in [0.1, 0.15) is 0 Å². The van der Waals surface area contributed by atoms with E-state index in [1.165, 1.54) is 24.3 Å². The fourth-order valence-corrected chi connectivity index (χ4v) is 3.41. The molecule has 0 atom stereocenters. The van der Waals surface area contributed by atoms with Gasteiger partial charge in [-0.25, -0.2) is 13.6 Å². The summed E-state index contributed by atoms with van der Waals surface area (Å²) in [5.41, 5.74) is 2.19. The van der Waals surface area contributed by atoms with Gasteiger partial charge in [-0.2, -0.15) is 15.3 Å². The molecule has 9 heteroatoms. The number of phenols is 1. The molecule has 0 bridgehead atoms. The molecule has 0 fully saturated rings. The van der Waals surface area contributed by atoms with E-state index in [0.29, 0.717) is 22.1 Å². The molecule has 154 valence electrons. The molecule has 0 aliphatic rings. The molecule has 0 spiro atoms. The van der Waals surface area contributed by atoms with Crippen LogP contribution < -0.4 is 5.14 Å². The van der Waals surface area contributed by atoms with Gasteiger partial charge >= 0.3 is 0 Å². The van der Waals surface area contributed by atoms with Crippen LogP contribution in [0.3, 0.4) is 0 Å². The molecule has 3 N–H and O–H groups in total. The Kier molecular flexibility index (Phi) is 5.52. The van der Waals surface area contributed by atoms with E-state index in [9.17, 15) is 13.5 Å². The number of nitrogens with zero attached hydrogens (tertiary/aromatic N) is 4. The third-order valence-corrected chi connectivity index (χ3v) is 5.33. The Hall–Kier alpha value is -3.95. The van der Waals surface area contributed by atoms with Gasteiger partial charge in [0.05, 0.1) is 22.0 Å². The summed E-state index contributed by atoms with van der Waals surface area (Å²) in [4.78, 5) is -0.0196. The van der Waals surface area contributed by atoms with E-state index in [1.807, 2.05) is 30.3 Å². The van der Waals surface area contributed by atoms with Crippen LogP contribution in [0.2, 0.25) is 0 Å². The Morgan fingerprint density at radius 3 is 1.87 bits per heavy atom. The molecule has 0 aliphatic carbocycles. The van der Waals surface area contributed by atoms with Crippen LogP contribution in [0.25, 0.3) is 10.8 Å². The van der Waals surface area contributed by atoms with Crippen LogP contribution in [-0.2, 0) is 10.0 Å². The molecule has 0 aromatic heterocycles. The van der Waals surface area contributed by atoms with Crippen molar-refractivity contribution >= 4 is 43.5 Å². The number of fused-ring (bicyclic) bond motifs is 1. The Morgan fingerprint density at radius 1 is 0.677 bits per heavy atom. The summed E-state index contributed by atoms with van der Waals surface area (Å²) >= 11 is 0. The van der Waals surface area contributed by atoms with Gasteiger partial charge in [0.25, 0.3) is 0 Å². The zero-order valence-electron chi connectivity index (χ0n) is 16.1. The van der Waals surface area contributed by atoms with Gasteiger partial charge in [-0.3, -0.25) is 0 Å². The molecule has 0 saturated carbocycles. The van der Waals surface area contributed by atoms with Crippen molar-refractivity contribution in [3.8, 4) is 5.75 Å². The van der Waals surface area contributed by atoms with E-state index in [0.717, 1.165) is 5.69 Å². The summed E-state index contributed by atoms with van der Waals surface area (Å²) in [6.45, 7) is 0. The summed E-state index contributed by atoms with van der Waals surface area (Å²) in [6, 6.07) is 23.7. The lowest BCUT2D eigenvalue weighted by atomic mass is 10.1. The van der Waals surface area contributed by atoms with Gasteiger partial charge in [-0.15, -0.1) is 5.11 Å². The number of hydrogen-bond acceptors (Lipinski definition) is 7. The van der Waals surface area contributed by atoms with Crippen molar-refractivity contribution in [3.63, 3.8) is 0 Å². The first-order valence-corrected chi connectivity index (χ1v) is 10.7. The van der Waals surface area contributed by atoms with Crippen LogP contribution in [0.5, 0.6) is 5.75 Å². The van der Waals surface area contributed by atoms with E-state index >= 15 is 0 Å². The quantitative estimate of drug-likeness (QED) is 0.374. The number of azo groups is 2. The highest BCUT2D eigenvalue weighted by Crippen LogP contribution is 2.37. The maximum atomic E-state index is 11.6. The van der Waals surface area contributed by atoms with Crippen LogP contribution >= 0.6 is 0 Å². The lowest BCUT2D eigenvalue weighted by Crippen LogP contribution is -2.11. The molecule has 4 aromatic rings. The molecule has 4 aromatic carbocycles. The minimum atomic E-state index is -3.83. The van der Waals surface area contributed by atoms with Crippen molar-refractivity contribution in [2.75, 3.05) is 0 Å². The summed E-state index contributed by atoms with van der Waals surface area (Å²) < 4.78 is 23.1. The van der Waals surface area contributed by atoms with E-state index in [-0.39, 0.29) is 16.3 Å². The van der Waals surface area contributed by atoms with Crippen molar-refractivity contribution in [2.45, 2.75) is 4.90 Å². The topological polar surface area (TPSA) is 130 Å². The average Bonchev–Trinajstić information content (AvgIpc) is 2.77. The molecular weight excluding hydrogens is 414 g/mol. The summed E-state index contributed by atoms with van der Waals surface area (Å²) in [5.74, 6) is -0.0760.